The van der Waals surface area contributed by atoms with Crippen LogP contribution in [-0.2, 0) is 4.74 Å². The van der Waals surface area contributed by atoms with Crippen molar-refractivity contribution in [1.82, 2.24) is 10.2 Å². The number of nitriles is 1. The van der Waals surface area contributed by atoms with Gasteiger partial charge in [-0.15, -0.1) is 0 Å². The molecule has 0 spiro atoms. The molecule has 2 atom stereocenters. The van der Waals surface area contributed by atoms with E-state index in [0.29, 0.717) is 12.1 Å². The normalized spacial score (nSPS) is 19.0. The molecule has 4 nitrogen and oxygen atoms in total. The van der Waals surface area contributed by atoms with Crippen LogP contribution in [0.5, 0.6) is 0 Å². The smallest absolute Gasteiger partial charge is 0.0967 e. The maximum Gasteiger partial charge on any atom is 0.0967 e. The van der Waals surface area contributed by atoms with Crippen molar-refractivity contribution in [3.63, 3.8) is 0 Å². The van der Waals surface area contributed by atoms with Crippen LogP contribution in [0.1, 0.15) is 33.1 Å². The van der Waals surface area contributed by atoms with Gasteiger partial charge in [-0.1, -0.05) is 6.92 Å². The third kappa shape index (κ3) is 5.49. The average Bonchev–Trinajstić information content (AvgIpc) is 3.12. The molecule has 1 saturated carbocycles. The SMILES string of the molecule is CCN(CCC(C#N)NC1CC1)C(C)COC. The molecule has 0 heterocycles. The van der Waals surface area contributed by atoms with Gasteiger partial charge in [-0.05, 0) is 32.7 Å². The first kappa shape index (κ1) is 14.4. The van der Waals surface area contributed by atoms with Crippen molar-refractivity contribution in [3.05, 3.63) is 0 Å². The zero-order chi connectivity index (χ0) is 12.7. The van der Waals surface area contributed by atoms with Crippen LogP contribution in [-0.4, -0.2) is 49.8 Å². The van der Waals surface area contributed by atoms with Crippen LogP contribution in [0.15, 0.2) is 0 Å². The second-order valence-electron chi connectivity index (χ2n) is 4.84. The summed E-state index contributed by atoms with van der Waals surface area (Å²) in [6, 6.07) is 3.39. The van der Waals surface area contributed by atoms with Gasteiger partial charge >= 0.3 is 0 Å². The van der Waals surface area contributed by atoms with E-state index in [9.17, 15) is 0 Å². The number of nitrogens with one attached hydrogen (secondary N) is 1. The van der Waals surface area contributed by atoms with Crippen molar-refractivity contribution in [1.29, 1.82) is 5.26 Å². The first-order chi connectivity index (χ1) is 8.21. The molecule has 1 rings (SSSR count). The van der Waals surface area contributed by atoms with Crippen molar-refractivity contribution in [2.75, 3.05) is 26.8 Å². The first-order valence-electron chi connectivity index (χ1n) is 6.59. The predicted molar refractivity (Wildman–Crippen MR) is 68.8 cm³/mol. The van der Waals surface area contributed by atoms with Crippen LogP contribution in [0.2, 0.25) is 0 Å². The van der Waals surface area contributed by atoms with Gasteiger partial charge in [0.15, 0.2) is 0 Å². The fourth-order valence-corrected chi connectivity index (χ4v) is 2.05. The van der Waals surface area contributed by atoms with E-state index in [-0.39, 0.29) is 6.04 Å². The fourth-order valence-electron chi connectivity index (χ4n) is 2.05. The molecule has 0 aromatic rings. The molecule has 1 N–H and O–H groups in total. The summed E-state index contributed by atoms with van der Waals surface area (Å²) >= 11 is 0. The highest BCUT2D eigenvalue weighted by molar-refractivity contribution is 4.96. The van der Waals surface area contributed by atoms with Gasteiger partial charge in [0, 0.05) is 25.7 Å². The molecule has 17 heavy (non-hydrogen) atoms. The van der Waals surface area contributed by atoms with Crippen molar-refractivity contribution < 1.29 is 4.74 Å². The first-order valence-corrected chi connectivity index (χ1v) is 6.59. The molecule has 2 unspecified atom stereocenters. The quantitative estimate of drug-likeness (QED) is 0.660. The molecular weight excluding hydrogens is 214 g/mol. The minimum Gasteiger partial charge on any atom is -0.383 e. The number of hydrogen-bond acceptors (Lipinski definition) is 4. The minimum absolute atomic E-state index is 0.00583. The second-order valence-corrected chi connectivity index (χ2v) is 4.84. The van der Waals surface area contributed by atoms with E-state index in [1.807, 2.05) is 0 Å². The lowest BCUT2D eigenvalue weighted by Crippen LogP contribution is -2.40. The van der Waals surface area contributed by atoms with E-state index < -0.39 is 0 Å². The van der Waals surface area contributed by atoms with E-state index in [2.05, 4.69) is 30.1 Å². The van der Waals surface area contributed by atoms with Crippen molar-refractivity contribution >= 4 is 0 Å². The number of methoxy groups -OCH3 is 1. The standard InChI is InChI=1S/C13H25N3O/c1-4-16(11(2)10-17-3)8-7-13(9-14)15-12-5-6-12/h11-13,15H,4-8,10H2,1-3H3. The lowest BCUT2D eigenvalue weighted by Gasteiger charge is -2.28. The predicted octanol–water partition coefficient (Wildman–Crippen LogP) is 1.38. The molecule has 1 aliphatic rings. The molecule has 0 saturated heterocycles. The van der Waals surface area contributed by atoms with Crippen molar-refractivity contribution in [2.24, 2.45) is 0 Å². The van der Waals surface area contributed by atoms with Gasteiger partial charge in [0.2, 0.25) is 0 Å². The second kappa shape index (κ2) is 7.65. The zero-order valence-corrected chi connectivity index (χ0v) is 11.3. The van der Waals surface area contributed by atoms with Crippen LogP contribution in [0, 0.1) is 11.3 Å². The zero-order valence-electron chi connectivity index (χ0n) is 11.3. The maximum atomic E-state index is 9.07. The van der Waals surface area contributed by atoms with Crippen LogP contribution in [0.3, 0.4) is 0 Å². The molecule has 0 bridgehead atoms. The molecule has 0 aromatic carbocycles. The Morgan fingerprint density at radius 2 is 2.24 bits per heavy atom. The van der Waals surface area contributed by atoms with Gasteiger partial charge in [-0.2, -0.15) is 5.26 Å². The van der Waals surface area contributed by atoms with Crippen LogP contribution in [0.25, 0.3) is 0 Å². The average molecular weight is 239 g/mol. The van der Waals surface area contributed by atoms with Crippen LogP contribution < -0.4 is 5.32 Å². The monoisotopic (exact) mass is 239 g/mol. The molecule has 4 heteroatoms. The van der Waals surface area contributed by atoms with Gasteiger partial charge in [-0.25, -0.2) is 0 Å². The lowest BCUT2D eigenvalue weighted by molar-refractivity contribution is 0.101. The summed E-state index contributed by atoms with van der Waals surface area (Å²) in [6.07, 6.45) is 3.36. The summed E-state index contributed by atoms with van der Waals surface area (Å²) < 4.78 is 5.17. The van der Waals surface area contributed by atoms with E-state index in [1.165, 1.54) is 12.8 Å². The number of rotatable bonds is 9. The van der Waals surface area contributed by atoms with Gasteiger partial charge in [0.05, 0.1) is 18.7 Å². The number of ether oxygens (including phenoxy) is 1. The Labute approximate surface area is 105 Å². The van der Waals surface area contributed by atoms with Crippen LogP contribution in [0.4, 0.5) is 0 Å². The Kier molecular flexibility index (Phi) is 6.49. The largest absolute Gasteiger partial charge is 0.383 e. The summed E-state index contributed by atoms with van der Waals surface area (Å²) in [5.41, 5.74) is 0. The van der Waals surface area contributed by atoms with Crippen molar-refractivity contribution in [3.8, 4) is 6.07 Å². The topological polar surface area (TPSA) is 48.3 Å². The van der Waals surface area contributed by atoms with E-state index in [1.54, 1.807) is 7.11 Å². The molecule has 0 radical (unpaired) electrons. The van der Waals surface area contributed by atoms with E-state index in [0.717, 1.165) is 26.1 Å². The number of nitrogens with zero attached hydrogens (tertiary/aromatic N) is 2. The Balaban J connectivity index is 2.26. The molecule has 0 amide bonds. The number of hydrogen-bond donors (Lipinski definition) is 1. The molecule has 1 fully saturated rings. The Morgan fingerprint density at radius 3 is 2.71 bits per heavy atom. The minimum atomic E-state index is 0.00583. The summed E-state index contributed by atoms with van der Waals surface area (Å²) in [4.78, 5) is 2.36. The summed E-state index contributed by atoms with van der Waals surface area (Å²) in [7, 11) is 1.73. The summed E-state index contributed by atoms with van der Waals surface area (Å²) in [6.45, 7) is 7.04. The van der Waals surface area contributed by atoms with Gasteiger partial charge in [0.1, 0.15) is 0 Å². The highest BCUT2D eigenvalue weighted by Gasteiger charge is 2.24. The molecule has 98 valence electrons. The third-order valence-electron chi connectivity index (χ3n) is 3.31. The summed E-state index contributed by atoms with van der Waals surface area (Å²) in [5, 5.41) is 12.4. The van der Waals surface area contributed by atoms with Gasteiger partial charge in [-0.3, -0.25) is 10.2 Å². The van der Waals surface area contributed by atoms with Gasteiger partial charge in [0.25, 0.3) is 0 Å². The summed E-state index contributed by atoms with van der Waals surface area (Å²) in [5.74, 6) is 0. The van der Waals surface area contributed by atoms with Crippen LogP contribution >= 0.6 is 0 Å². The Hall–Kier alpha value is -0.630. The Morgan fingerprint density at radius 1 is 1.53 bits per heavy atom. The highest BCUT2D eigenvalue weighted by atomic mass is 16.5. The van der Waals surface area contributed by atoms with Crippen molar-refractivity contribution in [2.45, 2.75) is 51.2 Å². The molecule has 0 aliphatic heterocycles. The maximum absolute atomic E-state index is 9.07. The highest BCUT2D eigenvalue weighted by Crippen LogP contribution is 2.19. The number of likely N-dealkylation sites (N-methyl/N-ethyl adjacent to an activating group) is 1. The van der Waals surface area contributed by atoms with E-state index >= 15 is 0 Å². The molecule has 1 aliphatic carbocycles. The lowest BCUT2D eigenvalue weighted by atomic mass is 10.2. The molecular formula is C13H25N3O. The molecule has 0 aromatic heterocycles. The fraction of sp³-hybridized carbons (Fsp3) is 0.923. The van der Waals surface area contributed by atoms with E-state index in [4.69, 9.17) is 10.00 Å². The Bertz CT molecular complexity index is 248. The third-order valence-corrected chi connectivity index (χ3v) is 3.31. The van der Waals surface area contributed by atoms with Gasteiger partial charge < -0.3 is 4.74 Å².